The fraction of sp³-hybridized carbons (Fsp3) is 0.500. The van der Waals surface area contributed by atoms with Crippen molar-refractivity contribution in [3.63, 3.8) is 0 Å². The van der Waals surface area contributed by atoms with E-state index in [1.807, 2.05) is 45.0 Å². The lowest BCUT2D eigenvalue weighted by Gasteiger charge is -2.25. The number of hydrogen-bond acceptors (Lipinski definition) is 3. The van der Waals surface area contributed by atoms with E-state index in [0.29, 0.717) is 18.2 Å². The van der Waals surface area contributed by atoms with Crippen molar-refractivity contribution in [2.75, 3.05) is 18.8 Å². The van der Waals surface area contributed by atoms with E-state index in [-0.39, 0.29) is 23.7 Å². The Kier molecular flexibility index (Phi) is 5.28. The number of thioether (sulfide) groups is 1. The molecular weight excluding hydrogens is 284 g/mol. The van der Waals surface area contributed by atoms with Gasteiger partial charge in [-0.25, -0.2) is 0 Å². The van der Waals surface area contributed by atoms with E-state index in [4.69, 9.17) is 0 Å². The summed E-state index contributed by atoms with van der Waals surface area (Å²) >= 11 is 1.59. The largest absolute Gasteiger partial charge is 0.354 e. The summed E-state index contributed by atoms with van der Waals surface area (Å²) < 4.78 is 0. The molecule has 2 amide bonds. The molecule has 0 spiro atoms. The number of amides is 2. The number of aryl methyl sites for hydroxylation is 1. The van der Waals surface area contributed by atoms with Gasteiger partial charge in [-0.15, -0.1) is 11.8 Å². The van der Waals surface area contributed by atoms with Gasteiger partial charge in [-0.2, -0.15) is 0 Å². The highest BCUT2D eigenvalue weighted by atomic mass is 32.2. The van der Waals surface area contributed by atoms with Crippen LogP contribution in [-0.2, 0) is 9.59 Å². The summed E-state index contributed by atoms with van der Waals surface area (Å²) in [6, 6.07) is 8.03. The van der Waals surface area contributed by atoms with Gasteiger partial charge in [0.05, 0.1) is 5.75 Å². The summed E-state index contributed by atoms with van der Waals surface area (Å²) in [5, 5.41) is 2.82. The Morgan fingerprint density at radius 2 is 2.14 bits per heavy atom. The molecule has 114 valence electrons. The second-order valence-corrected chi connectivity index (χ2v) is 6.81. The van der Waals surface area contributed by atoms with Gasteiger partial charge in [0.15, 0.2) is 0 Å². The van der Waals surface area contributed by atoms with Crippen LogP contribution in [0.5, 0.6) is 0 Å². The Labute approximate surface area is 130 Å². The Balaban J connectivity index is 2.07. The first-order valence-corrected chi connectivity index (χ1v) is 8.27. The standard InChI is InChI=1S/C16H22N2O2S/c1-11(2)8-17-14(19)9-18-15(20)10-21-16(18)13-7-5-4-6-12(13)3/h4-7,11,16H,8-10H2,1-3H3,(H,17,19)/t16-/m1/s1. The average Bonchev–Trinajstić information content (AvgIpc) is 2.79. The molecule has 1 aromatic carbocycles. The molecule has 5 heteroatoms. The van der Waals surface area contributed by atoms with Crippen LogP contribution in [-0.4, -0.2) is 35.6 Å². The van der Waals surface area contributed by atoms with Crippen LogP contribution in [0.1, 0.15) is 30.3 Å². The van der Waals surface area contributed by atoms with Gasteiger partial charge in [0, 0.05) is 6.54 Å². The van der Waals surface area contributed by atoms with Crippen LogP contribution in [0.25, 0.3) is 0 Å². The van der Waals surface area contributed by atoms with Gasteiger partial charge in [0.2, 0.25) is 11.8 Å². The van der Waals surface area contributed by atoms with E-state index in [2.05, 4.69) is 5.32 Å². The zero-order valence-corrected chi connectivity index (χ0v) is 13.6. The van der Waals surface area contributed by atoms with Crippen LogP contribution in [0.4, 0.5) is 0 Å². The Morgan fingerprint density at radius 1 is 1.43 bits per heavy atom. The smallest absolute Gasteiger partial charge is 0.239 e. The van der Waals surface area contributed by atoms with Crippen LogP contribution < -0.4 is 5.32 Å². The molecule has 1 fully saturated rings. The summed E-state index contributed by atoms with van der Waals surface area (Å²) in [5.74, 6) is 0.798. The van der Waals surface area contributed by atoms with Gasteiger partial charge in [0.1, 0.15) is 11.9 Å². The molecule has 0 unspecified atom stereocenters. The molecule has 4 nitrogen and oxygen atoms in total. The first-order chi connectivity index (χ1) is 9.99. The van der Waals surface area contributed by atoms with Crippen LogP contribution in [0.3, 0.4) is 0 Å². The summed E-state index contributed by atoms with van der Waals surface area (Å²) in [4.78, 5) is 25.7. The molecule has 1 atom stereocenters. The SMILES string of the molecule is Cc1ccccc1[C@H]1SCC(=O)N1CC(=O)NCC(C)C. The monoisotopic (exact) mass is 306 g/mol. The molecule has 0 radical (unpaired) electrons. The lowest BCUT2D eigenvalue weighted by atomic mass is 10.1. The number of hydrogen-bond donors (Lipinski definition) is 1. The second kappa shape index (κ2) is 6.98. The topological polar surface area (TPSA) is 49.4 Å². The van der Waals surface area contributed by atoms with Crippen molar-refractivity contribution in [3.8, 4) is 0 Å². The first kappa shape index (κ1) is 15.9. The van der Waals surface area contributed by atoms with Crippen LogP contribution >= 0.6 is 11.8 Å². The molecule has 0 saturated carbocycles. The number of carbonyl (C=O) groups excluding carboxylic acids is 2. The molecule has 0 aliphatic carbocycles. The van der Waals surface area contributed by atoms with Crippen LogP contribution in [0.2, 0.25) is 0 Å². The third kappa shape index (κ3) is 4.00. The summed E-state index contributed by atoms with van der Waals surface area (Å²) in [6.07, 6.45) is 0. The molecule has 1 N–H and O–H groups in total. The van der Waals surface area contributed by atoms with Crippen molar-refractivity contribution in [2.24, 2.45) is 5.92 Å². The molecule has 1 aliphatic heterocycles. The molecular formula is C16H22N2O2S. The quantitative estimate of drug-likeness (QED) is 0.908. The molecule has 0 bridgehead atoms. The maximum atomic E-state index is 12.1. The molecule has 1 aliphatic rings. The van der Waals surface area contributed by atoms with E-state index in [9.17, 15) is 9.59 Å². The molecule has 1 aromatic rings. The maximum absolute atomic E-state index is 12.1. The van der Waals surface area contributed by atoms with Crippen LogP contribution in [0, 0.1) is 12.8 Å². The van der Waals surface area contributed by atoms with Gasteiger partial charge >= 0.3 is 0 Å². The first-order valence-electron chi connectivity index (χ1n) is 7.22. The lowest BCUT2D eigenvalue weighted by molar-refractivity contribution is -0.133. The molecule has 2 rings (SSSR count). The molecule has 21 heavy (non-hydrogen) atoms. The number of carbonyl (C=O) groups is 2. The van der Waals surface area contributed by atoms with E-state index in [0.717, 1.165) is 11.1 Å². The number of rotatable bonds is 5. The zero-order chi connectivity index (χ0) is 15.4. The Hall–Kier alpha value is -1.49. The molecule has 0 aromatic heterocycles. The van der Waals surface area contributed by atoms with Gasteiger partial charge in [-0.1, -0.05) is 38.1 Å². The van der Waals surface area contributed by atoms with E-state index >= 15 is 0 Å². The van der Waals surface area contributed by atoms with Crippen molar-refractivity contribution in [3.05, 3.63) is 35.4 Å². The summed E-state index contributed by atoms with van der Waals surface area (Å²) in [7, 11) is 0. The minimum absolute atomic E-state index is 0.0351. The molecule has 1 heterocycles. The number of nitrogens with one attached hydrogen (secondary N) is 1. The summed E-state index contributed by atoms with van der Waals surface area (Å²) in [5.41, 5.74) is 2.27. The number of nitrogens with zero attached hydrogens (tertiary/aromatic N) is 1. The van der Waals surface area contributed by atoms with Gasteiger partial charge in [0.25, 0.3) is 0 Å². The highest BCUT2D eigenvalue weighted by Gasteiger charge is 2.34. The van der Waals surface area contributed by atoms with E-state index in [1.165, 1.54) is 0 Å². The maximum Gasteiger partial charge on any atom is 0.239 e. The third-order valence-electron chi connectivity index (χ3n) is 3.44. The highest BCUT2D eigenvalue weighted by molar-refractivity contribution is 8.00. The van der Waals surface area contributed by atoms with Crippen molar-refractivity contribution < 1.29 is 9.59 Å². The average molecular weight is 306 g/mol. The van der Waals surface area contributed by atoms with Crippen molar-refractivity contribution >= 4 is 23.6 Å². The minimum atomic E-state index is -0.0851. The van der Waals surface area contributed by atoms with Gasteiger partial charge < -0.3 is 10.2 Å². The predicted octanol–water partition coefficient (Wildman–Crippen LogP) is 2.34. The third-order valence-corrected chi connectivity index (χ3v) is 4.68. The number of benzene rings is 1. The fourth-order valence-corrected chi connectivity index (χ4v) is 3.56. The Morgan fingerprint density at radius 3 is 2.81 bits per heavy atom. The van der Waals surface area contributed by atoms with Crippen LogP contribution in [0.15, 0.2) is 24.3 Å². The van der Waals surface area contributed by atoms with Gasteiger partial charge in [-0.3, -0.25) is 9.59 Å². The Bertz CT molecular complexity index is 531. The zero-order valence-electron chi connectivity index (χ0n) is 12.8. The highest BCUT2D eigenvalue weighted by Crippen LogP contribution is 2.39. The van der Waals surface area contributed by atoms with Crippen molar-refractivity contribution in [1.82, 2.24) is 10.2 Å². The summed E-state index contributed by atoms with van der Waals surface area (Å²) in [6.45, 7) is 6.91. The molecule has 1 saturated heterocycles. The minimum Gasteiger partial charge on any atom is -0.354 e. The normalized spacial score (nSPS) is 18.4. The van der Waals surface area contributed by atoms with E-state index < -0.39 is 0 Å². The lowest BCUT2D eigenvalue weighted by Crippen LogP contribution is -2.40. The van der Waals surface area contributed by atoms with E-state index in [1.54, 1.807) is 16.7 Å². The second-order valence-electron chi connectivity index (χ2n) is 5.74. The predicted molar refractivity (Wildman–Crippen MR) is 85.9 cm³/mol. The fourth-order valence-electron chi connectivity index (χ4n) is 2.28. The van der Waals surface area contributed by atoms with Gasteiger partial charge in [-0.05, 0) is 24.0 Å². The van der Waals surface area contributed by atoms with Crippen molar-refractivity contribution in [2.45, 2.75) is 26.1 Å². The van der Waals surface area contributed by atoms with Crippen molar-refractivity contribution in [1.29, 1.82) is 0 Å².